The van der Waals surface area contributed by atoms with Crippen molar-refractivity contribution in [3.8, 4) is 0 Å². The minimum atomic E-state index is -4.36. The second-order valence-electron chi connectivity index (χ2n) is 8.84. The summed E-state index contributed by atoms with van der Waals surface area (Å²) in [6, 6.07) is 11.4. The zero-order valence-electron chi connectivity index (χ0n) is 17.1. The standard InChI is InChI=1S/C22H23F3N2O4S/c23-22(24,25)18-1-5-19(6-2-18)26-9-15-11-27(12-16(15)10-26)32(29,30)20-7-3-17(4-8-20)21(28)13-31-14-21/h1-8,15-16,28H,9-14H2. The van der Waals surface area contributed by atoms with Gasteiger partial charge in [-0.1, -0.05) is 12.1 Å². The highest BCUT2D eigenvalue weighted by atomic mass is 32.2. The molecule has 2 aromatic rings. The van der Waals surface area contributed by atoms with Crippen LogP contribution in [0, 0.1) is 11.8 Å². The van der Waals surface area contributed by atoms with Crippen LogP contribution in [-0.2, 0) is 26.5 Å². The average Bonchev–Trinajstić information content (AvgIpc) is 3.31. The number of rotatable bonds is 4. The zero-order valence-corrected chi connectivity index (χ0v) is 17.9. The molecule has 10 heteroatoms. The molecule has 2 aromatic carbocycles. The van der Waals surface area contributed by atoms with Crippen molar-refractivity contribution >= 4 is 15.7 Å². The van der Waals surface area contributed by atoms with E-state index in [0.29, 0.717) is 31.7 Å². The van der Waals surface area contributed by atoms with Crippen molar-refractivity contribution in [2.75, 3.05) is 44.3 Å². The fourth-order valence-corrected chi connectivity index (χ4v) is 6.32. The Hall–Kier alpha value is -2.14. The number of aliphatic hydroxyl groups is 1. The second kappa shape index (κ2) is 7.44. The molecule has 0 amide bonds. The Bertz CT molecular complexity index is 1090. The molecule has 3 heterocycles. The topological polar surface area (TPSA) is 70.1 Å². The van der Waals surface area contributed by atoms with Crippen molar-refractivity contribution in [2.45, 2.75) is 16.7 Å². The van der Waals surface area contributed by atoms with Gasteiger partial charge < -0.3 is 14.7 Å². The van der Waals surface area contributed by atoms with E-state index in [1.165, 1.54) is 28.6 Å². The molecule has 5 rings (SSSR count). The molecule has 0 radical (unpaired) electrons. The summed E-state index contributed by atoms with van der Waals surface area (Å²) in [6.07, 6.45) is -4.36. The summed E-state index contributed by atoms with van der Waals surface area (Å²) in [4.78, 5) is 2.21. The normalized spacial score (nSPS) is 25.6. The third-order valence-electron chi connectivity index (χ3n) is 6.72. The van der Waals surface area contributed by atoms with Gasteiger partial charge >= 0.3 is 6.18 Å². The number of halogens is 3. The fourth-order valence-electron chi connectivity index (χ4n) is 4.77. The molecular formula is C22H23F3N2O4S. The summed E-state index contributed by atoms with van der Waals surface area (Å²) in [5, 5.41) is 10.3. The number of hydrogen-bond donors (Lipinski definition) is 1. The number of alkyl halides is 3. The maximum atomic E-state index is 13.1. The molecule has 6 nitrogen and oxygen atoms in total. The zero-order chi connectivity index (χ0) is 22.7. The first kappa shape index (κ1) is 21.7. The summed E-state index contributed by atoms with van der Waals surface area (Å²) < 4.78 is 71.1. The monoisotopic (exact) mass is 468 g/mol. The summed E-state index contributed by atoms with van der Waals surface area (Å²) in [6.45, 7) is 2.36. The van der Waals surface area contributed by atoms with E-state index in [1.807, 2.05) is 4.90 Å². The predicted octanol–water partition coefficient (Wildman–Crippen LogP) is 2.68. The van der Waals surface area contributed by atoms with Gasteiger partial charge in [0.1, 0.15) is 5.60 Å². The lowest BCUT2D eigenvalue weighted by Crippen LogP contribution is -2.46. The first-order valence-electron chi connectivity index (χ1n) is 10.4. The van der Waals surface area contributed by atoms with Crippen molar-refractivity contribution in [1.82, 2.24) is 4.31 Å². The van der Waals surface area contributed by atoms with Gasteiger partial charge in [0.15, 0.2) is 0 Å². The quantitative estimate of drug-likeness (QED) is 0.747. The van der Waals surface area contributed by atoms with Crippen molar-refractivity contribution in [3.05, 3.63) is 59.7 Å². The number of hydrogen-bond acceptors (Lipinski definition) is 5. The summed E-state index contributed by atoms with van der Waals surface area (Å²) in [5.41, 5.74) is -0.376. The Balaban J connectivity index is 1.25. The highest BCUT2D eigenvalue weighted by Gasteiger charge is 2.45. The van der Waals surface area contributed by atoms with Crippen molar-refractivity contribution in [2.24, 2.45) is 11.8 Å². The molecule has 3 saturated heterocycles. The van der Waals surface area contributed by atoms with E-state index in [9.17, 15) is 26.7 Å². The van der Waals surface area contributed by atoms with Gasteiger partial charge in [0, 0.05) is 31.9 Å². The highest BCUT2D eigenvalue weighted by molar-refractivity contribution is 7.89. The van der Waals surface area contributed by atoms with E-state index in [-0.39, 0.29) is 29.9 Å². The van der Waals surface area contributed by atoms with Crippen LogP contribution >= 0.6 is 0 Å². The van der Waals surface area contributed by atoms with Crippen LogP contribution in [0.5, 0.6) is 0 Å². The number of benzene rings is 2. The summed E-state index contributed by atoms with van der Waals surface area (Å²) in [5.74, 6) is 0.248. The number of anilines is 1. The van der Waals surface area contributed by atoms with Crippen LogP contribution in [0.15, 0.2) is 53.4 Å². The lowest BCUT2D eigenvalue weighted by Gasteiger charge is -2.36. The molecule has 1 N–H and O–H groups in total. The van der Waals surface area contributed by atoms with Crippen LogP contribution < -0.4 is 4.90 Å². The minimum Gasteiger partial charge on any atom is -0.380 e. The number of sulfonamides is 1. The van der Waals surface area contributed by atoms with Crippen LogP contribution in [0.4, 0.5) is 18.9 Å². The van der Waals surface area contributed by atoms with Crippen LogP contribution in [0.25, 0.3) is 0 Å². The molecule has 0 bridgehead atoms. The predicted molar refractivity (Wildman–Crippen MR) is 111 cm³/mol. The van der Waals surface area contributed by atoms with E-state index in [1.54, 1.807) is 12.1 Å². The van der Waals surface area contributed by atoms with Gasteiger partial charge in [0.25, 0.3) is 0 Å². The summed E-state index contributed by atoms with van der Waals surface area (Å²) in [7, 11) is -3.66. The lowest BCUT2D eigenvalue weighted by atomic mass is 9.92. The van der Waals surface area contributed by atoms with Gasteiger partial charge in [-0.3, -0.25) is 0 Å². The largest absolute Gasteiger partial charge is 0.416 e. The second-order valence-corrected chi connectivity index (χ2v) is 10.8. The first-order chi connectivity index (χ1) is 15.1. The Kier molecular flexibility index (Phi) is 5.05. The van der Waals surface area contributed by atoms with E-state index < -0.39 is 27.4 Å². The van der Waals surface area contributed by atoms with Crippen molar-refractivity contribution < 1.29 is 31.4 Å². The molecule has 0 aromatic heterocycles. The van der Waals surface area contributed by atoms with E-state index >= 15 is 0 Å². The molecule has 0 aliphatic carbocycles. The molecule has 0 spiro atoms. The molecular weight excluding hydrogens is 445 g/mol. The number of ether oxygens (including phenoxy) is 1. The van der Waals surface area contributed by atoms with Gasteiger partial charge in [0.2, 0.25) is 10.0 Å². The molecule has 3 aliphatic heterocycles. The molecule has 3 aliphatic rings. The maximum Gasteiger partial charge on any atom is 0.416 e. The molecule has 0 saturated carbocycles. The summed E-state index contributed by atoms with van der Waals surface area (Å²) >= 11 is 0. The number of nitrogens with zero attached hydrogens (tertiary/aromatic N) is 2. The molecule has 3 fully saturated rings. The van der Waals surface area contributed by atoms with Crippen molar-refractivity contribution in [1.29, 1.82) is 0 Å². The van der Waals surface area contributed by atoms with Gasteiger partial charge in [-0.2, -0.15) is 17.5 Å². The Labute approximate surface area is 184 Å². The SMILES string of the molecule is O=S(=O)(c1ccc(C2(O)COC2)cc1)N1CC2CN(c3ccc(C(F)(F)F)cc3)CC2C1. The smallest absolute Gasteiger partial charge is 0.380 e. The van der Waals surface area contributed by atoms with E-state index in [4.69, 9.17) is 4.74 Å². The van der Waals surface area contributed by atoms with Gasteiger partial charge in [-0.15, -0.1) is 0 Å². The average molecular weight is 468 g/mol. The molecule has 2 atom stereocenters. The molecule has 32 heavy (non-hydrogen) atoms. The van der Waals surface area contributed by atoms with Gasteiger partial charge in [-0.05, 0) is 53.8 Å². The van der Waals surface area contributed by atoms with E-state index in [2.05, 4.69) is 0 Å². The molecule has 172 valence electrons. The Morgan fingerprint density at radius 3 is 1.94 bits per heavy atom. The van der Waals surface area contributed by atoms with E-state index in [0.717, 1.165) is 17.8 Å². The maximum absolute atomic E-state index is 13.1. The van der Waals surface area contributed by atoms with Crippen LogP contribution in [0.1, 0.15) is 11.1 Å². The Morgan fingerprint density at radius 1 is 0.906 bits per heavy atom. The van der Waals surface area contributed by atoms with Gasteiger partial charge in [-0.25, -0.2) is 8.42 Å². The fraction of sp³-hybridized carbons (Fsp3) is 0.455. The third kappa shape index (κ3) is 3.68. The lowest BCUT2D eigenvalue weighted by molar-refractivity contribution is -0.184. The Morgan fingerprint density at radius 2 is 1.47 bits per heavy atom. The third-order valence-corrected chi connectivity index (χ3v) is 8.57. The number of fused-ring (bicyclic) bond motifs is 1. The molecule has 2 unspecified atom stereocenters. The van der Waals surface area contributed by atoms with Crippen molar-refractivity contribution in [3.63, 3.8) is 0 Å². The van der Waals surface area contributed by atoms with Crippen LogP contribution in [0.2, 0.25) is 0 Å². The van der Waals surface area contributed by atoms with Crippen LogP contribution in [-0.4, -0.2) is 57.2 Å². The van der Waals surface area contributed by atoms with Gasteiger partial charge in [0.05, 0.1) is 23.7 Å². The first-order valence-corrected chi connectivity index (χ1v) is 11.8. The minimum absolute atomic E-state index is 0.124. The highest BCUT2D eigenvalue weighted by Crippen LogP contribution is 2.38. The van der Waals surface area contributed by atoms with Crippen LogP contribution in [0.3, 0.4) is 0 Å².